The summed E-state index contributed by atoms with van der Waals surface area (Å²) in [7, 11) is 1.86. The molecule has 21 heavy (non-hydrogen) atoms. The van der Waals surface area contributed by atoms with Crippen molar-refractivity contribution >= 4 is 5.97 Å². The van der Waals surface area contributed by atoms with E-state index in [1.54, 1.807) is 35.1 Å². The predicted molar refractivity (Wildman–Crippen MR) is 78.8 cm³/mol. The Morgan fingerprint density at radius 2 is 1.86 bits per heavy atom. The number of benzene rings is 1. The molecule has 0 saturated carbocycles. The molecule has 0 fully saturated rings. The Morgan fingerprint density at radius 1 is 1.10 bits per heavy atom. The zero-order valence-electron chi connectivity index (χ0n) is 11.4. The Morgan fingerprint density at radius 3 is 2.48 bits per heavy atom. The zero-order chi connectivity index (χ0) is 14.8. The van der Waals surface area contributed by atoms with Crippen LogP contribution in [0.5, 0.6) is 0 Å². The molecular formula is C16H13N3O2. The lowest BCUT2D eigenvalue weighted by Gasteiger charge is -1.98. The van der Waals surface area contributed by atoms with Crippen LogP contribution in [0.25, 0.3) is 22.6 Å². The molecule has 0 radical (unpaired) electrons. The van der Waals surface area contributed by atoms with E-state index in [1.165, 1.54) is 0 Å². The van der Waals surface area contributed by atoms with E-state index in [4.69, 9.17) is 5.11 Å². The molecule has 0 aliphatic rings. The van der Waals surface area contributed by atoms with Crippen molar-refractivity contribution in [1.29, 1.82) is 0 Å². The molecule has 2 aromatic heterocycles. The molecular weight excluding hydrogens is 266 g/mol. The number of aryl methyl sites for hydroxylation is 1. The van der Waals surface area contributed by atoms with Gasteiger partial charge in [0.15, 0.2) is 0 Å². The van der Waals surface area contributed by atoms with Crippen LogP contribution in [0.2, 0.25) is 0 Å². The van der Waals surface area contributed by atoms with Crippen LogP contribution in [0.4, 0.5) is 0 Å². The summed E-state index contributed by atoms with van der Waals surface area (Å²) in [6.07, 6.45) is 1.74. The summed E-state index contributed by atoms with van der Waals surface area (Å²) < 4.78 is 1.77. The minimum absolute atomic E-state index is 0.264. The van der Waals surface area contributed by atoms with Gasteiger partial charge in [0.1, 0.15) is 0 Å². The van der Waals surface area contributed by atoms with Crippen molar-refractivity contribution in [2.75, 3.05) is 0 Å². The third kappa shape index (κ3) is 2.53. The van der Waals surface area contributed by atoms with Gasteiger partial charge >= 0.3 is 5.97 Å². The number of aromatic carboxylic acids is 1. The number of hydrogen-bond donors (Lipinski definition) is 1. The summed E-state index contributed by atoms with van der Waals surface area (Å²) >= 11 is 0. The first-order valence-electron chi connectivity index (χ1n) is 6.44. The standard InChI is InChI=1S/C16H13N3O2/c1-19-15(13-4-2-3-9-17-13)10-14(18-19)11-5-7-12(8-6-11)16(20)21/h2-10H,1H3,(H,20,21). The molecule has 3 aromatic rings. The normalized spacial score (nSPS) is 10.5. The quantitative estimate of drug-likeness (QED) is 0.800. The van der Waals surface area contributed by atoms with Gasteiger partial charge in [0.2, 0.25) is 0 Å². The molecule has 0 aliphatic carbocycles. The smallest absolute Gasteiger partial charge is 0.335 e. The van der Waals surface area contributed by atoms with Gasteiger partial charge in [0.05, 0.1) is 22.6 Å². The van der Waals surface area contributed by atoms with Gasteiger partial charge in [-0.3, -0.25) is 9.67 Å². The maximum Gasteiger partial charge on any atom is 0.335 e. The highest BCUT2D eigenvalue weighted by Gasteiger charge is 2.10. The number of hydrogen-bond acceptors (Lipinski definition) is 3. The van der Waals surface area contributed by atoms with Gasteiger partial charge in [0, 0.05) is 18.8 Å². The third-order valence-electron chi connectivity index (χ3n) is 3.23. The van der Waals surface area contributed by atoms with Gasteiger partial charge in [-0.15, -0.1) is 0 Å². The van der Waals surface area contributed by atoms with Crippen molar-refractivity contribution in [1.82, 2.24) is 14.8 Å². The van der Waals surface area contributed by atoms with Crippen molar-refractivity contribution < 1.29 is 9.90 Å². The van der Waals surface area contributed by atoms with E-state index in [-0.39, 0.29) is 5.56 Å². The van der Waals surface area contributed by atoms with Crippen LogP contribution >= 0.6 is 0 Å². The second-order valence-corrected chi connectivity index (χ2v) is 4.64. The van der Waals surface area contributed by atoms with Crippen molar-refractivity contribution in [3.8, 4) is 22.6 Å². The average Bonchev–Trinajstić information content (AvgIpc) is 2.90. The number of aromatic nitrogens is 3. The number of carboxylic acid groups (broad SMARTS) is 1. The van der Waals surface area contributed by atoms with Gasteiger partial charge in [-0.1, -0.05) is 18.2 Å². The summed E-state index contributed by atoms with van der Waals surface area (Å²) in [6.45, 7) is 0. The fraction of sp³-hybridized carbons (Fsp3) is 0.0625. The average molecular weight is 279 g/mol. The molecule has 104 valence electrons. The summed E-state index contributed by atoms with van der Waals surface area (Å²) in [4.78, 5) is 15.2. The van der Waals surface area contributed by atoms with Gasteiger partial charge < -0.3 is 5.11 Å². The molecule has 0 aliphatic heterocycles. The van der Waals surface area contributed by atoms with E-state index in [2.05, 4.69) is 10.1 Å². The van der Waals surface area contributed by atoms with Crippen LogP contribution in [-0.2, 0) is 7.05 Å². The summed E-state index contributed by atoms with van der Waals surface area (Å²) in [5.41, 5.74) is 3.68. The van der Waals surface area contributed by atoms with E-state index in [1.807, 2.05) is 31.3 Å². The molecule has 2 heterocycles. The lowest BCUT2D eigenvalue weighted by Crippen LogP contribution is -1.96. The molecule has 1 N–H and O–H groups in total. The second-order valence-electron chi connectivity index (χ2n) is 4.64. The monoisotopic (exact) mass is 279 g/mol. The van der Waals surface area contributed by atoms with Crippen molar-refractivity contribution in [2.24, 2.45) is 7.05 Å². The number of rotatable bonds is 3. The Bertz CT molecular complexity index is 777. The summed E-state index contributed by atoms with van der Waals surface area (Å²) in [5.74, 6) is -0.934. The van der Waals surface area contributed by atoms with Crippen molar-refractivity contribution in [3.63, 3.8) is 0 Å². The minimum Gasteiger partial charge on any atom is -0.478 e. The highest BCUT2D eigenvalue weighted by molar-refractivity contribution is 5.88. The van der Waals surface area contributed by atoms with E-state index < -0.39 is 5.97 Å². The Kier molecular flexibility index (Phi) is 3.23. The minimum atomic E-state index is -0.934. The molecule has 1 aromatic carbocycles. The molecule has 0 bridgehead atoms. The van der Waals surface area contributed by atoms with Crippen LogP contribution in [0.1, 0.15) is 10.4 Å². The van der Waals surface area contributed by atoms with Crippen LogP contribution in [0.15, 0.2) is 54.7 Å². The number of carbonyl (C=O) groups is 1. The van der Waals surface area contributed by atoms with E-state index >= 15 is 0 Å². The molecule has 5 nitrogen and oxygen atoms in total. The first-order valence-corrected chi connectivity index (χ1v) is 6.44. The van der Waals surface area contributed by atoms with Gasteiger partial charge in [-0.2, -0.15) is 5.10 Å². The largest absolute Gasteiger partial charge is 0.478 e. The molecule has 3 rings (SSSR count). The number of nitrogens with zero attached hydrogens (tertiary/aromatic N) is 3. The summed E-state index contributed by atoms with van der Waals surface area (Å²) in [5, 5.41) is 13.4. The molecule has 0 saturated heterocycles. The molecule has 0 atom stereocenters. The molecule has 0 amide bonds. The first-order chi connectivity index (χ1) is 10.1. The van der Waals surface area contributed by atoms with Gasteiger partial charge in [-0.05, 0) is 30.3 Å². The van der Waals surface area contributed by atoms with Crippen molar-refractivity contribution in [3.05, 3.63) is 60.3 Å². The predicted octanol–water partition coefficient (Wildman–Crippen LogP) is 2.85. The lowest BCUT2D eigenvalue weighted by atomic mass is 10.1. The fourth-order valence-corrected chi connectivity index (χ4v) is 2.15. The lowest BCUT2D eigenvalue weighted by molar-refractivity contribution is 0.0697. The highest BCUT2D eigenvalue weighted by atomic mass is 16.4. The van der Waals surface area contributed by atoms with Crippen LogP contribution in [0, 0.1) is 0 Å². The van der Waals surface area contributed by atoms with Crippen LogP contribution in [0.3, 0.4) is 0 Å². The first kappa shape index (κ1) is 13.1. The maximum absolute atomic E-state index is 10.9. The van der Waals surface area contributed by atoms with E-state index in [0.717, 1.165) is 22.6 Å². The fourth-order valence-electron chi connectivity index (χ4n) is 2.15. The Balaban J connectivity index is 1.99. The van der Waals surface area contributed by atoms with Crippen LogP contribution < -0.4 is 0 Å². The maximum atomic E-state index is 10.9. The van der Waals surface area contributed by atoms with Gasteiger partial charge in [0.25, 0.3) is 0 Å². The topological polar surface area (TPSA) is 68.0 Å². The Labute approximate surface area is 121 Å². The molecule has 0 unspecified atom stereocenters. The molecule has 5 heteroatoms. The summed E-state index contributed by atoms with van der Waals surface area (Å²) in [6, 6.07) is 14.3. The van der Waals surface area contributed by atoms with E-state index in [0.29, 0.717) is 0 Å². The van der Waals surface area contributed by atoms with E-state index in [9.17, 15) is 4.79 Å². The van der Waals surface area contributed by atoms with Gasteiger partial charge in [-0.25, -0.2) is 4.79 Å². The number of carboxylic acids is 1. The van der Waals surface area contributed by atoms with Crippen LogP contribution in [-0.4, -0.2) is 25.8 Å². The zero-order valence-corrected chi connectivity index (χ0v) is 11.4. The van der Waals surface area contributed by atoms with Crippen molar-refractivity contribution in [2.45, 2.75) is 0 Å². The molecule has 0 spiro atoms. The highest BCUT2D eigenvalue weighted by Crippen LogP contribution is 2.24. The number of pyridine rings is 1. The second kappa shape index (κ2) is 5.20. The SMILES string of the molecule is Cn1nc(-c2ccc(C(=O)O)cc2)cc1-c1ccccn1. The Hall–Kier alpha value is -2.95. The third-order valence-corrected chi connectivity index (χ3v) is 3.23.